The van der Waals surface area contributed by atoms with Crippen molar-refractivity contribution >= 4 is 56.1 Å². The van der Waals surface area contributed by atoms with Crippen LogP contribution in [0.2, 0.25) is 99.7 Å². The van der Waals surface area contributed by atoms with Gasteiger partial charge in [0.25, 0.3) is 0 Å². The van der Waals surface area contributed by atoms with E-state index in [1.54, 1.807) is 41.8 Å². The zero-order valence-electron chi connectivity index (χ0n) is 31.4. The van der Waals surface area contributed by atoms with Gasteiger partial charge in [-0.3, -0.25) is 0 Å². The second kappa shape index (κ2) is 18.6. The summed E-state index contributed by atoms with van der Waals surface area (Å²) in [4.78, 5) is 0. The number of benzene rings is 3. The highest BCUT2D eigenvalue weighted by Crippen LogP contribution is 2.38. The quantitative estimate of drug-likeness (QED) is 0.0765. The minimum absolute atomic E-state index is 0.533. The Kier molecular flexibility index (Phi) is 16.0. The van der Waals surface area contributed by atoms with Crippen LogP contribution in [-0.4, -0.2) is 32.3 Å². The molecule has 3 aromatic rings. The van der Waals surface area contributed by atoms with E-state index < -0.39 is 40.2 Å². The lowest BCUT2D eigenvalue weighted by Crippen LogP contribution is -2.37. The van der Waals surface area contributed by atoms with Crippen LogP contribution in [0.5, 0.6) is 0 Å². The monoisotopic (exact) mass is 704 g/mol. The molecule has 0 unspecified atom stereocenters. The van der Waals surface area contributed by atoms with Crippen LogP contribution < -0.4 is 15.9 Å². The first-order chi connectivity index (χ1) is 21.8. The van der Waals surface area contributed by atoms with Gasteiger partial charge in [0.05, 0.1) is 8.07 Å². The Labute approximate surface area is 291 Å². The highest BCUT2D eigenvalue weighted by molar-refractivity contribution is 7.79. The molecule has 0 N–H and O–H groups in total. The zero-order chi connectivity index (χ0) is 33.7. The summed E-state index contributed by atoms with van der Waals surface area (Å²) in [5.41, 5.74) is 1.58. The molecule has 0 amide bonds. The number of aryl methyl sites for hydroxylation is 1. The van der Waals surface area contributed by atoms with E-state index in [1.165, 1.54) is 65.8 Å². The van der Waals surface area contributed by atoms with Crippen LogP contribution in [0, 0.1) is 0 Å². The lowest BCUT2D eigenvalue weighted by molar-refractivity contribution is 0.870. The van der Waals surface area contributed by atoms with Gasteiger partial charge in [0, 0.05) is 24.2 Å². The van der Waals surface area contributed by atoms with Gasteiger partial charge in [-0.25, -0.2) is 0 Å². The third-order valence-electron chi connectivity index (χ3n) is 11.7. The third kappa shape index (κ3) is 13.1. The van der Waals surface area contributed by atoms with E-state index in [9.17, 15) is 0 Å². The first-order valence-electron chi connectivity index (χ1n) is 18.8. The van der Waals surface area contributed by atoms with Crippen molar-refractivity contribution in [2.24, 2.45) is 0 Å². The van der Waals surface area contributed by atoms with Crippen LogP contribution in [0.3, 0.4) is 0 Å². The average molecular weight is 705 g/mol. The van der Waals surface area contributed by atoms with E-state index in [4.69, 9.17) is 0 Å². The molecule has 5 heteroatoms. The number of hydrogen-bond acceptors (Lipinski definition) is 0. The fourth-order valence-electron chi connectivity index (χ4n) is 6.93. The topological polar surface area (TPSA) is 0 Å². The maximum Gasteiger partial charge on any atom is 0.0538 e. The Bertz CT molecular complexity index is 1160. The summed E-state index contributed by atoms with van der Waals surface area (Å²) in [5, 5.41) is 4.36. The Balaban J connectivity index is 1.85. The van der Waals surface area contributed by atoms with Crippen LogP contribution >= 0.6 is 7.92 Å². The fraction of sp³-hybridized carbons (Fsp3) is 0.561. The van der Waals surface area contributed by atoms with Gasteiger partial charge in [0.2, 0.25) is 0 Å². The summed E-state index contributed by atoms with van der Waals surface area (Å²) in [6.07, 6.45) is 5.83. The van der Waals surface area contributed by atoms with E-state index in [-0.39, 0.29) is 0 Å². The first kappa shape index (κ1) is 39.4. The van der Waals surface area contributed by atoms with Crippen LogP contribution in [0.4, 0.5) is 0 Å². The van der Waals surface area contributed by atoms with Crippen LogP contribution in [0.25, 0.3) is 0 Å². The van der Waals surface area contributed by atoms with Crippen molar-refractivity contribution in [3.05, 3.63) is 90.5 Å². The predicted octanol–water partition coefficient (Wildman–Crippen LogP) is 12.8. The molecule has 3 rings (SSSR count). The predicted molar refractivity (Wildman–Crippen MR) is 226 cm³/mol. The Morgan fingerprint density at radius 1 is 0.413 bits per heavy atom. The highest BCUT2D eigenvalue weighted by Gasteiger charge is 2.34. The van der Waals surface area contributed by atoms with Crippen molar-refractivity contribution in [3.63, 3.8) is 0 Å². The minimum Gasteiger partial charge on any atom is -0.0694 e. The molecule has 0 heterocycles. The van der Waals surface area contributed by atoms with E-state index in [2.05, 4.69) is 145 Å². The standard InChI is InChI=1S/C41H69PSi4/c1-10-43(4,5)31-19-34-46(35-20-32-44(6,7)11-2,36-21-33-45(8,9)12-3)37-30-38-26-28-41(29-27-38)42(39-22-15-13-16-23-39)40-24-17-14-18-25-40/h13-18,22-29H,10-12,19-21,30-37H2,1-9H3. The van der Waals surface area contributed by atoms with Crippen molar-refractivity contribution in [1.29, 1.82) is 0 Å². The van der Waals surface area contributed by atoms with Crippen molar-refractivity contribution in [3.8, 4) is 0 Å². The van der Waals surface area contributed by atoms with Gasteiger partial charge in [-0.1, -0.05) is 225 Å². The SMILES string of the molecule is CC[Si](C)(C)CCC[Si](CCC[Si](C)(C)CC)(CCC[Si](C)(C)CC)CCc1ccc(P(c2ccccc2)c2ccccc2)cc1. The lowest BCUT2D eigenvalue weighted by atomic mass is 10.2. The summed E-state index contributed by atoms with van der Waals surface area (Å²) >= 11 is 0. The van der Waals surface area contributed by atoms with Crippen LogP contribution in [0.15, 0.2) is 84.9 Å². The van der Waals surface area contributed by atoms with E-state index in [1.807, 2.05) is 0 Å². The largest absolute Gasteiger partial charge is 0.0694 e. The number of rotatable bonds is 21. The summed E-state index contributed by atoms with van der Waals surface area (Å²) in [5.74, 6) is 0. The lowest BCUT2D eigenvalue weighted by Gasteiger charge is -2.35. The zero-order valence-corrected chi connectivity index (χ0v) is 36.3. The molecule has 0 aliphatic carbocycles. The smallest absolute Gasteiger partial charge is 0.0538 e. The second-order valence-corrected chi connectivity index (χ2v) is 40.6. The van der Waals surface area contributed by atoms with Gasteiger partial charge in [-0.2, -0.15) is 0 Å². The summed E-state index contributed by atoms with van der Waals surface area (Å²) in [7, 11) is -5.02. The molecule has 0 nitrogen and oxygen atoms in total. The molecular weight excluding hydrogens is 636 g/mol. The van der Waals surface area contributed by atoms with E-state index in [0.29, 0.717) is 0 Å². The molecule has 0 aliphatic heterocycles. The molecule has 0 fully saturated rings. The van der Waals surface area contributed by atoms with Crippen LogP contribution in [-0.2, 0) is 6.42 Å². The summed E-state index contributed by atoms with van der Waals surface area (Å²) in [6, 6.07) is 47.6. The molecular formula is C41H69PSi4. The molecule has 0 atom stereocenters. The second-order valence-electron chi connectivity index (χ2n) is 16.8. The van der Waals surface area contributed by atoms with Gasteiger partial charge in [-0.05, 0) is 35.8 Å². The van der Waals surface area contributed by atoms with E-state index >= 15 is 0 Å². The molecule has 0 saturated carbocycles. The minimum atomic E-state index is -1.39. The fourth-order valence-corrected chi connectivity index (χ4v) is 19.8. The van der Waals surface area contributed by atoms with Crippen molar-refractivity contribution in [2.45, 2.75) is 146 Å². The van der Waals surface area contributed by atoms with Gasteiger partial charge >= 0.3 is 0 Å². The molecule has 0 spiro atoms. The molecule has 0 aliphatic rings. The summed E-state index contributed by atoms with van der Waals surface area (Å²) in [6.45, 7) is 23.2. The average Bonchev–Trinajstić information content (AvgIpc) is 3.05. The third-order valence-corrected chi connectivity index (χ3v) is 30.6. The molecule has 254 valence electrons. The molecule has 0 aromatic heterocycles. The van der Waals surface area contributed by atoms with Gasteiger partial charge < -0.3 is 0 Å². The Hall–Kier alpha value is -1.04. The first-order valence-corrected chi connectivity index (χ1v) is 33.2. The normalized spacial score (nSPS) is 13.0. The molecule has 3 aromatic carbocycles. The maximum absolute atomic E-state index is 2.64. The molecule has 0 radical (unpaired) electrons. The van der Waals surface area contributed by atoms with Crippen molar-refractivity contribution in [2.75, 3.05) is 0 Å². The molecule has 0 saturated heterocycles. The highest BCUT2D eigenvalue weighted by atomic mass is 31.1. The maximum atomic E-state index is 2.64. The summed E-state index contributed by atoms with van der Waals surface area (Å²) < 4.78 is 0. The van der Waals surface area contributed by atoms with E-state index in [0.717, 1.165) is 0 Å². The van der Waals surface area contributed by atoms with Crippen molar-refractivity contribution in [1.82, 2.24) is 0 Å². The number of hydrogen-bond donors (Lipinski definition) is 0. The van der Waals surface area contributed by atoms with Gasteiger partial charge in [0.15, 0.2) is 0 Å². The van der Waals surface area contributed by atoms with Crippen molar-refractivity contribution < 1.29 is 0 Å². The van der Waals surface area contributed by atoms with Gasteiger partial charge in [-0.15, -0.1) is 0 Å². The Morgan fingerprint density at radius 3 is 1.11 bits per heavy atom. The van der Waals surface area contributed by atoms with Gasteiger partial charge in [0.1, 0.15) is 0 Å². The molecule has 0 bridgehead atoms. The molecule has 46 heavy (non-hydrogen) atoms. The van der Waals surface area contributed by atoms with Crippen LogP contribution in [0.1, 0.15) is 45.6 Å². The Morgan fingerprint density at radius 2 is 0.761 bits per heavy atom.